The maximum atomic E-state index is 13.6. The number of fused-ring (bicyclic) bond motifs is 1. The third kappa shape index (κ3) is 5.91. The lowest BCUT2D eigenvalue weighted by molar-refractivity contribution is -0.133. The molecule has 2 aromatic carbocycles. The van der Waals surface area contributed by atoms with Crippen molar-refractivity contribution in [1.82, 2.24) is 9.80 Å². The topological polar surface area (TPSA) is 40.6 Å². The van der Waals surface area contributed by atoms with Crippen molar-refractivity contribution >= 4 is 23.2 Å². The van der Waals surface area contributed by atoms with E-state index in [0.29, 0.717) is 18.7 Å². The van der Waals surface area contributed by atoms with Gasteiger partial charge in [0.2, 0.25) is 5.91 Å². The number of amides is 2. The summed E-state index contributed by atoms with van der Waals surface area (Å²) in [5, 5.41) is 2.11. The van der Waals surface area contributed by atoms with Crippen LogP contribution in [-0.2, 0) is 17.6 Å². The van der Waals surface area contributed by atoms with E-state index in [1.807, 2.05) is 47.4 Å². The molecule has 0 saturated carbocycles. The summed E-state index contributed by atoms with van der Waals surface area (Å²) >= 11 is 1.75. The van der Waals surface area contributed by atoms with Gasteiger partial charge in [-0.05, 0) is 59.5 Å². The molecule has 1 unspecified atom stereocenters. The summed E-state index contributed by atoms with van der Waals surface area (Å²) in [5.41, 5.74) is 4.14. The molecule has 1 aliphatic rings. The highest BCUT2D eigenvalue weighted by molar-refractivity contribution is 7.10. The molecule has 182 valence electrons. The zero-order chi connectivity index (χ0) is 24.6. The average Bonchev–Trinajstić information content (AvgIpc) is 3.37. The highest BCUT2D eigenvalue weighted by Crippen LogP contribution is 2.37. The number of aryl methyl sites for hydroxylation is 1. The third-order valence-electron chi connectivity index (χ3n) is 6.63. The number of thiophene rings is 1. The molecule has 1 aliphatic heterocycles. The van der Waals surface area contributed by atoms with Gasteiger partial charge in [-0.1, -0.05) is 68.3 Å². The van der Waals surface area contributed by atoms with Gasteiger partial charge in [0.1, 0.15) is 6.54 Å². The number of hydrogen-bond donors (Lipinski definition) is 0. The first-order valence-electron chi connectivity index (χ1n) is 12.5. The van der Waals surface area contributed by atoms with Crippen molar-refractivity contribution in [3.05, 3.63) is 106 Å². The van der Waals surface area contributed by atoms with Gasteiger partial charge >= 0.3 is 0 Å². The van der Waals surface area contributed by atoms with Crippen LogP contribution < -0.4 is 0 Å². The van der Waals surface area contributed by atoms with E-state index in [4.69, 9.17) is 0 Å². The van der Waals surface area contributed by atoms with Crippen LogP contribution in [-0.4, -0.2) is 41.2 Å². The molecule has 1 atom stereocenters. The van der Waals surface area contributed by atoms with Crippen molar-refractivity contribution < 1.29 is 9.59 Å². The largest absolute Gasteiger partial charge is 0.330 e. The third-order valence-corrected chi connectivity index (χ3v) is 7.63. The van der Waals surface area contributed by atoms with E-state index < -0.39 is 0 Å². The van der Waals surface area contributed by atoms with E-state index in [1.165, 1.54) is 28.8 Å². The minimum atomic E-state index is -0.136. The molecule has 2 amide bonds. The fourth-order valence-electron chi connectivity index (χ4n) is 4.78. The number of unbranched alkanes of at least 4 members (excludes halogenated alkanes) is 2. The van der Waals surface area contributed by atoms with Gasteiger partial charge in [0, 0.05) is 23.5 Å². The maximum Gasteiger partial charge on any atom is 0.254 e. The monoisotopic (exact) mass is 486 g/mol. The van der Waals surface area contributed by atoms with E-state index >= 15 is 0 Å². The minimum Gasteiger partial charge on any atom is -0.330 e. The second-order valence-corrected chi connectivity index (χ2v) is 10.1. The van der Waals surface area contributed by atoms with Crippen LogP contribution in [0.2, 0.25) is 0 Å². The first kappa shape index (κ1) is 24.9. The van der Waals surface area contributed by atoms with E-state index in [2.05, 4.69) is 37.1 Å². The van der Waals surface area contributed by atoms with Crippen LogP contribution >= 0.6 is 11.3 Å². The normalized spacial score (nSPS) is 14.9. The molecule has 0 radical (unpaired) electrons. The van der Waals surface area contributed by atoms with Crippen LogP contribution in [0.4, 0.5) is 0 Å². The summed E-state index contributed by atoms with van der Waals surface area (Å²) in [4.78, 5) is 31.9. The fraction of sp³-hybridized carbons (Fsp3) is 0.333. The lowest BCUT2D eigenvalue weighted by Gasteiger charge is -2.37. The van der Waals surface area contributed by atoms with Crippen molar-refractivity contribution in [2.75, 3.05) is 19.6 Å². The molecule has 35 heavy (non-hydrogen) atoms. The minimum absolute atomic E-state index is 0.0336. The summed E-state index contributed by atoms with van der Waals surface area (Å²) in [6, 6.07) is 20.0. The van der Waals surface area contributed by atoms with Gasteiger partial charge in [-0.3, -0.25) is 9.59 Å². The molecule has 0 bridgehead atoms. The number of carbonyl (C=O) groups excluding carboxylic acids is 2. The Morgan fingerprint density at radius 3 is 2.57 bits per heavy atom. The lowest BCUT2D eigenvalue weighted by Crippen LogP contribution is -2.46. The Morgan fingerprint density at radius 1 is 1.09 bits per heavy atom. The summed E-state index contributed by atoms with van der Waals surface area (Å²) in [6.45, 7) is 7.03. The van der Waals surface area contributed by atoms with E-state index in [9.17, 15) is 9.59 Å². The highest BCUT2D eigenvalue weighted by Gasteiger charge is 2.33. The van der Waals surface area contributed by atoms with Crippen LogP contribution in [0.1, 0.15) is 64.2 Å². The Hall–Kier alpha value is -3.18. The standard InChI is InChI=1S/C30H34N2O2S/c1-3-5-7-10-23-13-15-25(16-14-23)30(34)31(19-4-2)22-28(33)32-20-17-27-26(18-21-35-27)29(32)24-11-8-6-9-12-24/h4,6,8-9,11-16,18,21,29H,2-3,5,7,10,17,19-20,22H2,1H3. The van der Waals surface area contributed by atoms with Crippen LogP contribution in [0.3, 0.4) is 0 Å². The molecule has 2 heterocycles. The first-order chi connectivity index (χ1) is 17.1. The Bertz CT molecular complexity index is 1140. The molecular formula is C30H34N2O2S. The second kappa shape index (κ2) is 12.0. The summed E-state index contributed by atoms with van der Waals surface area (Å²) < 4.78 is 0. The SMILES string of the molecule is C=CCN(CC(=O)N1CCc2sccc2C1c1ccccc1)C(=O)c1ccc(CCCCC)cc1. The summed E-state index contributed by atoms with van der Waals surface area (Å²) in [5.74, 6) is -0.176. The van der Waals surface area contributed by atoms with Gasteiger partial charge in [0.15, 0.2) is 0 Å². The van der Waals surface area contributed by atoms with Crippen LogP contribution in [0, 0.1) is 0 Å². The number of hydrogen-bond acceptors (Lipinski definition) is 3. The molecule has 4 rings (SSSR count). The lowest BCUT2D eigenvalue weighted by atomic mass is 9.93. The molecule has 3 aromatic rings. The van der Waals surface area contributed by atoms with Crippen LogP contribution in [0.5, 0.6) is 0 Å². The number of benzene rings is 2. The van der Waals surface area contributed by atoms with Crippen LogP contribution in [0.15, 0.2) is 78.7 Å². The fourth-order valence-corrected chi connectivity index (χ4v) is 5.69. The van der Waals surface area contributed by atoms with Crippen molar-refractivity contribution in [2.45, 2.75) is 45.1 Å². The predicted molar refractivity (Wildman–Crippen MR) is 144 cm³/mol. The number of carbonyl (C=O) groups is 2. The van der Waals surface area contributed by atoms with Gasteiger partial charge < -0.3 is 9.80 Å². The van der Waals surface area contributed by atoms with Gasteiger partial charge in [-0.15, -0.1) is 17.9 Å². The zero-order valence-corrected chi connectivity index (χ0v) is 21.3. The smallest absolute Gasteiger partial charge is 0.254 e. The Kier molecular flexibility index (Phi) is 8.54. The zero-order valence-electron chi connectivity index (χ0n) is 20.5. The Morgan fingerprint density at radius 2 is 1.86 bits per heavy atom. The molecule has 0 N–H and O–H groups in total. The quantitative estimate of drug-likeness (QED) is 0.250. The molecular weight excluding hydrogens is 452 g/mol. The molecule has 5 heteroatoms. The molecule has 0 aliphatic carbocycles. The highest BCUT2D eigenvalue weighted by atomic mass is 32.1. The van der Waals surface area contributed by atoms with Crippen molar-refractivity contribution in [3.8, 4) is 0 Å². The van der Waals surface area contributed by atoms with Crippen molar-refractivity contribution in [2.24, 2.45) is 0 Å². The summed E-state index contributed by atoms with van der Waals surface area (Å²) in [7, 11) is 0. The molecule has 4 nitrogen and oxygen atoms in total. The van der Waals surface area contributed by atoms with Crippen molar-refractivity contribution in [3.63, 3.8) is 0 Å². The van der Waals surface area contributed by atoms with Gasteiger partial charge in [0.05, 0.1) is 6.04 Å². The van der Waals surface area contributed by atoms with Crippen molar-refractivity contribution in [1.29, 1.82) is 0 Å². The van der Waals surface area contributed by atoms with E-state index in [-0.39, 0.29) is 24.4 Å². The predicted octanol–water partition coefficient (Wildman–Crippen LogP) is 6.28. The first-order valence-corrected chi connectivity index (χ1v) is 13.4. The Balaban J connectivity index is 1.51. The molecule has 1 aromatic heterocycles. The molecule has 0 saturated heterocycles. The summed E-state index contributed by atoms with van der Waals surface area (Å²) in [6.07, 6.45) is 7.12. The van der Waals surface area contributed by atoms with Crippen LogP contribution in [0.25, 0.3) is 0 Å². The maximum absolute atomic E-state index is 13.6. The molecule has 0 fully saturated rings. The Labute approximate surface area is 212 Å². The number of rotatable bonds is 10. The van der Waals surface area contributed by atoms with E-state index in [1.54, 1.807) is 22.3 Å². The van der Waals surface area contributed by atoms with Gasteiger partial charge in [-0.25, -0.2) is 0 Å². The van der Waals surface area contributed by atoms with Gasteiger partial charge in [-0.2, -0.15) is 0 Å². The average molecular weight is 487 g/mol. The number of nitrogens with zero attached hydrogens (tertiary/aromatic N) is 2. The van der Waals surface area contributed by atoms with Gasteiger partial charge in [0.25, 0.3) is 5.91 Å². The molecule has 0 spiro atoms. The second-order valence-electron chi connectivity index (χ2n) is 9.08. The van der Waals surface area contributed by atoms with E-state index in [0.717, 1.165) is 24.8 Å².